The minimum atomic E-state index is -3.43. The van der Waals surface area contributed by atoms with Crippen LogP contribution in [0.4, 0.5) is 0 Å². The molecule has 0 saturated heterocycles. The molecule has 0 aliphatic carbocycles. The number of fused-ring (bicyclic) bond motifs is 4. The van der Waals surface area contributed by atoms with Crippen LogP contribution in [0, 0.1) is 0 Å². The largest absolute Gasteiger partial charge is 0.390 e. The van der Waals surface area contributed by atoms with Crippen LogP contribution in [-0.2, 0) is 28.9 Å². The molecule has 0 spiro atoms. The van der Waals surface area contributed by atoms with Crippen molar-refractivity contribution in [2.75, 3.05) is 6.54 Å². The van der Waals surface area contributed by atoms with Gasteiger partial charge >= 0.3 is 0 Å². The lowest BCUT2D eigenvalue weighted by Gasteiger charge is -2.30. The molecule has 5 nitrogen and oxygen atoms in total. The van der Waals surface area contributed by atoms with Crippen LogP contribution < -0.4 is 0 Å². The Labute approximate surface area is 169 Å². The van der Waals surface area contributed by atoms with Gasteiger partial charge in [-0.3, -0.25) is 0 Å². The van der Waals surface area contributed by atoms with Gasteiger partial charge in [0.1, 0.15) is 0 Å². The summed E-state index contributed by atoms with van der Waals surface area (Å²) in [5.74, 6) is -0.00866. The summed E-state index contributed by atoms with van der Waals surface area (Å²) < 4.78 is 28.9. The number of hydrogen-bond donors (Lipinski definition) is 1. The molecule has 4 aromatic rings. The molecule has 1 atom stereocenters. The number of aliphatic hydroxyl groups excluding tert-OH is 1. The van der Waals surface area contributed by atoms with Gasteiger partial charge in [-0.1, -0.05) is 60.7 Å². The van der Waals surface area contributed by atoms with Crippen molar-refractivity contribution in [2.45, 2.75) is 24.9 Å². The smallest absolute Gasteiger partial charge is 0.218 e. The predicted octanol–water partition coefficient (Wildman–Crippen LogP) is 3.50. The monoisotopic (exact) mass is 406 g/mol. The molecule has 1 N–H and O–H groups in total. The summed E-state index contributed by atoms with van der Waals surface area (Å²) in [5.41, 5.74) is 3.94. The Bertz CT molecular complexity index is 1260. The molecule has 0 saturated carbocycles. The maximum Gasteiger partial charge on any atom is 0.218 e. The quantitative estimate of drug-likeness (QED) is 0.564. The summed E-state index contributed by atoms with van der Waals surface area (Å²) >= 11 is 0. The van der Waals surface area contributed by atoms with Crippen molar-refractivity contribution in [3.05, 3.63) is 83.9 Å². The fraction of sp³-hybridized carbons (Fsp3) is 0.217. The van der Waals surface area contributed by atoms with Crippen LogP contribution in [0.2, 0.25) is 0 Å². The summed E-state index contributed by atoms with van der Waals surface area (Å²) in [4.78, 5) is 0. The molecule has 1 unspecified atom stereocenters. The third kappa shape index (κ3) is 3.23. The standard InChI is InChI=1S/C23H22N2O3S/c26-19(14-24-13-17-7-1-2-8-18(17)16-29(24,27)28)15-25-22-11-5-3-9-20(22)21-10-4-6-12-23(21)25/h1-12,19,26H,13-16H2. The Kier molecular flexibility index (Phi) is 4.42. The van der Waals surface area contributed by atoms with Gasteiger partial charge in [0, 0.05) is 34.9 Å². The van der Waals surface area contributed by atoms with Crippen molar-refractivity contribution in [3.63, 3.8) is 0 Å². The Morgan fingerprint density at radius 2 is 1.34 bits per heavy atom. The molecule has 29 heavy (non-hydrogen) atoms. The van der Waals surface area contributed by atoms with Gasteiger partial charge in [-0.05, 0) is 23.3 Å². The molecule has 2 heterocycles. The summed E-state index contributed by atoms with van der Waals surface area (Å²) in [6, 6.07) is 23.8. The maximum atomic E-state index is 12.7. The molecule has 1 aromatic heterocycles. The maximum absolute atomic E-state index is 12.7. The molecule has 1 aliphatic heterocycles. The van der Waals surface area contributed by atoms with E-state index >= 15 is 0 Å². The molecular formula is C23H22N2O3S. The van der Waals surface area contributed by atoms with Gasteiger partial charge in [0.05, 0.1) is 18.4 Å². The Morgan fingerprint density at radius 1 is 0.793 bits per heavy atom. The van der Waals surface area contributed by atoms with Gasteiger partial charge in [0.25, 0.3) is 0 Å². The molecule has 3 aromatic carbocycles. The lowest BCUT2D eigenvalue weighted by molar-refractivity contribution is 0.127. The Morgan fingerprint density at radius 3 is 2.00 bits per heavy atom. The highest BCUT2D eigenvalue weighted by Crippen LogP contribution is 2.29. The minimum Gasteiger partial charge on any atom is -0.390 e. The number of benzene rings is 3. The number of rotatable bonds is 4. The highest BCUT2D eigenvalue weighted by Gasteiger charge is 2.31. The first kappa shape index (κ1) is 18.4. The van der Waals surface area contributed by atoms with E-state index in [4.69, 9.17) is 0 Å². The van der Waals surface area contributed by atoms with Crippen molar-refractivity contribution < 1.29 is 13.5 Å². The Hall–Kier alpha value is -2.67. The van der Waals surface area contributed by atoms with E-state index in [-0.39, 0.29) is 12.3 Å². The van der Waals surface area contributed by atoms with E-state index in [0.29, 0.717) is 13.1 Å². The molecule has 148 valence electrons. The van der Waals surface area contributed by atoms with Crippen molar-refractivity contribution in [1.82, 2.24) is 8.87 Å². The van der Waals surface area contributed by atoms with E-state index in [1.807, 2.05) is 60.7 Å². The van der Waals surface area contributed by atoms with Crippen LogP contribution in [0.5, 0.6) is 0 Å². The first-order valence-corrected chi connectivity index (χ1v) is 11.3. The van der Waals surface area contributed by atoms with Gasteiger partial charge in [-0.2, -0.15) is 4.31 Å². The second kappa shape index (κ2) is 6.99. The van der Waals surface area contributed by atoms with E-state index in [1.54, 1.807) is 0 Å². The number of aromatic nitrogens is 1. The van der Waals surface area contributed by atoms with Crippen LogP contribution >= 0.6 is 0 Å². The average molecular weight is 407 g/mol. The van der Waals surface area contributed by atoms with Crippen molar-refractivity contribution in [1.29, 1.82) is 0 Å². The van der Waals surface area contributed by atoms with Gasteiger partial charge in [0.15, 0.2) is 0 Å². The summed E-state index contributed by atoms with van der Waals surface area (Å²) in [6.07, 6.45) is -0.811. The molecule has 0 fully saturated rings. The van der Waals surface area contributed by atoms with E-state index < -0.39 is 16.1 Å². The SMILES string of the molecule is O=S1(=O)Cc2ccccc2CN1CC(O)Cn1c2ccccc2c2ccccc21. The molecule has 6 heteroatoms. The van der Waals surface area contributed by atoms with Gasteiger partial charge in [0.2, 0.25) is 10.0 Å². The van der Waals surface area contributed by atoms with E-state index in [9.17, 15) is 13.5 Å². The first-order valence-electron chi connectivity index (χ1n) is 9.71. The second-order valence-corrected chi connectivity index (χ2v) is 9.59. The molecule has 0 amide bonds. The molecule has 0 radical (unpaired) electrons. The number of sulfonamides is 1. The number of aliphatic hydroxyl groups is 1. The van der Waals surface area contributed by atoms with E-state index in [1.165, 1.54) is 4.31 Å². The first-order chi connectivity index (χ1) is 14.0. The van der Waals surface area contributed by atoms with Crippen molar-refractivity contribution in [2.24, 2.45) is 0 Å². The highest BCUT2D eigenvalue weighted by atomic mass is 32.2. The minimum absolute atomic E-state index is 0.00866. The number of nitrogens with zero attached hydrogens (tertiary/aromatic N) is 2. The zero-order valence-corrected chi connectivity index (χ0v) is 16.7. The van der Waals surface area contributed by atoms with Crippen LogP contribution in [0.1, 0.15) is 11.1 Å². The van der Waals surface area contributed by atoms with Crippen molar-refractivity contribution >= 4 is 31.8 Å². The second-order valence-electron chi connectivity index (χ2n) is 7.62. The summed E-state index contributed by atoms with van der Waals surface area (Å²) in [7, 11) is -3.43. The molecule has 1 aliphatic rings. The molecular weight excluding hydrogens is 384 g/mol. The Balaban J connectivity index is 1.45. The normalized spacial score (nSPS) is 17.4. The van der Waals surface area contributed by atoms with Crippen LogP contribution in [-0.4, -0.2) is 35.0 Å². The highest BCUT2D eigenvalue weighted by molar-refractivity contribution is 7.88. The van der Waals surface area contributed by atoms with Crippen LogP contribution in [0.15, 0.2) is 72.8 Å². The average Bonchev–Trinajstić information content (AvgIpc) is 3.02. The predicted molar refractivity (Wildman–Crippen MR) is 115 cm³/mol. The zero-order valence-electron chi connectivity index (χ0n) is 15.9. The van der Waals surface area contributed by atoms with Gasteiger partial charge in [-0.15, -0.1) is 0 Å². The molecule has 0 bridgehead atoms. The third-order valence-electron chi connectivity index (χ3n) is 5.68. The van der Waals surface area contributed by atoms with E-state index in [0.717, 1.165) is 32.9 Å². The summed E-state index contributed by atoms with van der Waals surface area (Å²) in [6.45, 7) is 0.724. The van der Waals surface area contributed by atoms with Gasteiger partial charge < -0.3 is 9.67 Å². The van der Waals surface area contributed by atoms with Crippen LogP contribution in [0.3, 0.4) is 0 Å². The number of hydrogen-bond acceptors (Lipinski definition) is 3. The fourth-order valence-electron chi connectivity index (χ4n) is 4.31. The van der Waals surface area contributed by atoms with Gasteiger partial charge in [-0.25, -0.2) is 8.42 Å². The molecule has 5 rings (SSSR count). The third-order valence-corrected chi connectivity index (χ3v) is 7.42. The van der Waals surface area contributed by atoms with Crippen LogP contribution in [0.25, 0.3) is 21.8 Å². The summed E-state index contributed by atoms with van der Waals surface area (Å²) in [5, 5.41) is 13.1. The lowest BCUT2D eigenvalue weighted by Crippen LogP contribution is -2.41. The zero-order chi connectivity index (χ0) is 20.0. The van der Waals surface area contributed by atoms with E-state index in [2.05, 4.69) is 16.7 Å². The topological polar surface area (TPSA) is 62.5 Å². The lowest BCUT2D eigenvalue weighted by atomic mass is 10.1. The number of para-hydroxylation sites is 2. The van der Waals surface area contributed by atoms with Crippen molar-refractivity contribution in [3.8, 4) is 0 Å². The fourth-order valence-corrected chi connectivity index (χ4v) is 5.90. The number of β-amino-alcohol motifs (C(OH)–C–C–N with tert-alkyl or cyclic N) is 1.